The minimum Gasteiger partial charge on any atom is -0.458 e. The molecular formula is C15H18O5. The Bertz CT molecular complexity index is 552. The number of fused-ring (bicyclic) bond motifs is 2. The third-order valence-corrected chi connectivity index (χ3v) is 5.92. The molecule has 5 nitrogen and oxygen atoms in total. The number of rotatable bonds is 0. The summed E-state index contributed by atoms with van der Waals surface area (Å²) in [6, 6.07) is 0. The molecular weight excluding hydrogens is 260 g/mol. The first-order valence-corrected chi connectivity index (χ1v) is 7.20. The Morgan fingerprint density at radius 1 is 1.35 bits per heavy atom. The summed E-state index contributed by atoms with van der Waals surface area (Å²) in [5.74, 6) is -0.214. The second kappa shape index (κ2) is 3.52. The molecule has 1 saturated carbocycles. The van der Waals surface area contributed by atoms with Crippen LogP contribution >= 0.6 is 0 Å². The first kappa shape index (κ1) is 12.5. The zero-order chi connectivity index (χ0) is 14.3. The molecule has 5 heteroatoms. The quantitative estimate of drug-likeness (QED) is 0.382. The zero-order valence-corrected chi connectivity index (χ0v) is 11.8. The van der Waals surface area contributed by atoms with E-state index < -0.39 is 23.2 Å². The van der Waals surface area contributed by atoms with Gasteiger partial charge in [-0.15, -0.1) is 0 Å². The predicted octanol–water partition coefficient (Wildman–Crippen LogP) is 1.56. The van der Waals surface area contributed by atoms with Crippen LogP contribution in [0.1, 0.15) is 33.6 Å². The van der Waals surface area contributed by atoms with Gasteiger partial charge in [0, 0.05) is 5.92 Å². The van der Waals surface area contributed by atoms with Crippen molar-refractivity contribution >= 4 is 11.8 Å². The van der Waals surface area contributed by atoms with E-state index in [0.717, 1.165) is 12.0 Å². The molecule has 0 aromatic heterocycles. The van der Waals surface area contributed by atoms with Crippen molar-refractivity contribution in [3.63, 3.8) is 0 Å². The van der Waals surface area contributed by atoms with Gasteiger partial charge in [0.25, 0.3) is 0 Å². The molecule has 0 aromatic rings. The van der Waals surface area contributed by atoms with Gasteiger partial charge in [0.15, 0.2) is 17.5 Å². The van der Waals surface area contributed by atoms with Gasteiger partial charge in [0.2, 0.25) is 0 Å². The highest BCUT2D eigenvalue weighted by Crippen LogP contribution is 2.61. The summed E-state index contributed by atoms with van der Waals surface area (Å²) in [5.41, 5.74) is -0.657. The molecule has 0 radical (unpaired) electrons. The molecule has 5 rings (SSSR count). The van der Waals surface area contributed by atoms with E-state index in [1.54, 1.807) is 0 Å². The molecule has 6 atom stereocenters. The molecule has 20 heavy (non-hydrogen) atoms. The molecule has 5 aliphatic rings. The van der Waals surface area contributed by atoms with Gasteiger partial charge >= 0.3 is 5.97 Å². The number of carbonyl (C=O) groups excluding carboxylic acids is 2. The van der Waals surface area contributed by atoms with E-state index in [0.29, 0.717) is 6.42 Å². The lowest BCUT2D eigenvalue weighted by Crippen LogP contribution is -2.72. The first-order valence-electron chi connectivity index (χ1n) is 7.20. The van der Waals surface area contributed by atoms with Gasteiger partial charge < -0.3 is 4.74 Å². The molecule has 3 fully saturated rings. The van der Waals surface area contributed by atoms with Gasteiger partial charge in [-0.1, -0.05) is 6.92 Å². The van der Waals surface area contributed by atoms with Crippen molar-refractivity contribution < 1.29 is 24.1 Å². The van der Waals surface area contributed by atoms with E-state index in [1.165, 1.54) is 0 Å². The molecule has 0 aromatic carbocycles. The second-order valence-electron chi connectivity index (χ2n) is 6.73. The van der Waals surface area contributed by atoms with E-state index in [9.17, 15) is 9.59 Å². The van der Waals surface area contributed by atoms with Crippen molar-refractivity contribution in [2.24, 2.45) is 17.3 Å². The Morgan fingerprint density at radius 2 is 2.10 bits per heavy atom. The SMILES string of the molecule is CC1=CC2OOC13C1OC(=O)C(C)C1CCC3(C)C2=O. The van der Waals surface area contributed by atoms with Crippen LogP contribution in [-0.2, 0) is 24.1 Å². The number of carbonyl (C=O) groups is 2. The minimum absolute atomic E-state index is 0.0448. The lowest BCUT2D eigenvalue weighted by atomic mass is 9.51. The van der Waals surface area contributed by atoms with Crippen molar-refractivity contribution in [3.05, 3.63) is 11.6 Å². The minimum atomic E-state index is -0.942. The molecule has 0 N–H and O–H groups in total. The van der Waals surface area contributed by atoms with Crippen LogP contribution in [0, 0.1) is 17.3 Å². The Labute approximate surface area is 117 Å². The Balaban J connectivity index is 1.91. The van der Waals surface area contributed by atoms with Gasteiger partial charge in [0.1, 0.15) is 6.10 Å². The predicted molar refractivity (Wildman–Crippen MR) is 67.3 cm³/mol. The van der Waals surface area contributed by atoms with Crippen molar-refractivity contribution in [1.29, 1.82) is 0 Å². The first-order chi connectivity index (χ1) is 9.42. The Hall–Kier alpha value is -1.20. The highest BCUT2D eigenvalue weighted by Gasteiger charge is 2.73. The smallest absolute Gasteiger partial charge is 0.309 e. The van der Waals surface area contributed by atoms with Gasteiger partial charge in [-0.05, 0) is 38.3 Å². The standard InChI is InChI=1S/C15H18O5/c1-7-6-10-11(16)14(3)5-4-9-8(2)13(17)18-12(9)15(7,14)20-19-10/h6,8-10,12H,4-5H2,1-3H3. The highest BCUT2D eigenvalue weighted by atomic mass is 17.2. The van der Waals surface area contributed by atoms with Gasteiger partial charge in [-0.25, -0.2) is 9.78 Å². The van der Waals surface area contributed by atoms with Crippen molar-refractivity contribution in [3.8, 4) is 0 Å². The van der Waals surface area contributed by atoms with Crippen LogP contribution in [0.4, 0.5) is 0 Å². The number of hydrogen-bond donors (Lipinski definition) is 0. The number of Topliss-reactive ketones (excluding diaryl/α,β-unsaturated/α-hetero) is 1. The third kappa shape index (κ3) is 1.10. The average Bonchev–Trinajstić information content (AvgIpc) is 2.70. The van der Waals surface area contributed by atoms with Crippen molar-refractivity contribution in [2.45, 2.75) is 51.4 Å². The highest BCUT2D eigenvalue weighted by molar-refractivity contribution is 5.95. The van der Waals surface area contributed by atoms with Crippen LogP contribution in [0.3, 0.4) is 0 Å². The summed E-state index contributed by atoms with van der Waals surface area (Å²) in [4.78, 5) is 35.5. The van der Waals surface area contributed by atoms with E-state index in [4.69, 9.17) is 14.5 Å². The van der Waals surface area contributed by atoms with Crippen LogP contribution in [0.25, 0.3) is 0 Å². The molecule has 3 aliphatic heterocycles. The van der Waals surface area contributed by atoms with E-state index in [-0.39, 0.29) is 23.6 Å². The third-order valence-electron chi connectivity index (χ3n) is 5.92. The summed E-state index contributed by atoms with van der Waals surface area (Å²) in [6.07, 6.45) is 2.29. The number of esters is 1. The normalized spacial score (nSPS) is 53.2. The molecule has 0 amide bonds. The van der Waals surface area contributed by atoms with Crippen LogP contribution in [0.2, 0.25) is 0 Å². The summed E-state index contributed by atoms with van der Waals surface area (Å²) in [7, 11) is 0. The maximum atomic E-state index is 12.6. The van der Waals surface area contributed by atoms with E-state index in [1.807, 2.05) is 26.8 Å². The fourth-order valence-electron chi connectivity index (χ4n) is 4.61. The summed E-state index contributed by atoms with van der Waals surface area (Å²) < 4.78 is 5.61. The number of hydrogen-bond acceptors (Lipinski definition) is 5. The lowest BCUT2D eigenvalue weighted by Gasteiger charge is -2.59. The summed E-state index contributed by atoms with van der Waals surface area (Å²) >= 11 is 0. The summed E-state index contributed by atoms with van der Waals surface area (Å²) in [5, 5.41) is 0. The topological polar surface area (TPSA) is 61.8 Å². The van der Waals surface area contributed by atoms with Crippen LogP contribution < -0.4 is 0 Å². The monoisotopic (exact) mass is 278 g/mol. The maximum absolute atomic E-state index is 12.6. The van der Waals surface area contributed by atoms with Gasteiger partial charge in [-0.3, -0.25) is 9.59 Å². The van der Waals surface area contributed by atoms with E-state index >= 15 is 0 Å². The van der Waals surface area contributed by atoms with Crippen LogP contribution in [0.15, 0.2) is 11.6 Å². The fourth-order valence-corrected chi connectivity index (χ4v) is 4.61. The van der Waals surface area contributed by atoms with E-state index in [2.05, 4.69) is 0 Å². The number of ketones is 1. The largest absolute Gasteiger partial charge is 0.458 e. The molecule has 3 heterocycles. The van der Waals surface area contributed by atoms with Gasteiger partial charge in [-0.2, -0.15) is 0 Å². The molecule has 2 saturated heterocycles. The summed E-state index contributed by atoms with van der Waals surface area (Å²) in [6.45, 7) is 5.76. The molecule has 108 valence electrons. The van der Waals surface area contributed by atoms with Crippen molar-refractivity contribution in [1.82, 2.24) is 0 Å². The molecule has 6 unspecified atom stereocenters. The van der Waals surface area contributed by atoms with Crippen LogP contribution in [0.5, 0.6) is 0 Å². The number of ether oxygens (including phenoxy) is 1. The molecule has 2 bridgehead atoms. The van der Waals surface area contributed by atoms with Crippen molar-refractivity contribution in [2.75, 3.05) is 0 Å². The van der Waals surface area contributed by atoms with Gasteiger partial charge in [0.05, 0.1) is 11.3 Å². The zero-order valence-electron chi connectivity index (χ0n) is 11.8. The Morgan fingerprint density at radius 3 is 2.80 bits per heavy atom. The van der Waals surface area contributed by atoms with Crippen LogP contribution in [-0.4, -0.2) is 29.6 Å². The Kier molecular flexibility index (Phi) is 2.20. The molecule has 2 aliphatic carbocycles. The maximum Gasteiger partial charge on any atom is 0.309 e. The lowest BCUT2D eigenvalue weighted by molar-refractivity contribution is -0.427. The fraction of sp³-hybridized carbons (Fsp3) is 0.733. The second-order valence-corrected chi connectivity index (χ2v) is 6.73. The molecule has 1 spiro atoms. The average molecular weight is 278 g/mol.